The van der Waals surface area contributed by atoms with Gasteiger partial charge in [0, 0.05) is 22.1 Å². The highest BCUT2D eigenvalue weighted by molar-refractivity contribution is 5.89. The van der Waals surface area contributed by atoms with Gasteiger partial charge >= 0.3 is 0 Å². The summed E-state index contributed by atoms with van der Waals surface area (Å²) >= 11 is 0. The van der Waals surface area contributed by atoms with Crippen LogP contribution in [0.15, 0.2) is 146 Å². The average Bonchev–Trinajstić information content (AvgIpc) is 3.52. The Hall–Kier alpha value is -6.18. The molecule has 4 nitrogen and oxygen atoms in total. The maximum absolute atomic E-state index is 10.4. The van der Waals surface area contributed by atoms with Gasteiger partial charge in [-0.25, -0.2) is 15.0 Å². The van der Waals surface area contributed by atoms with Gasteiger partial charge in [-0.2, -0.15) is 5.26 Å². The molecule has 258 valence electrons. The maximum Gasteiger partial charge on any atom is 0.164 e. The Labute approximate surface area is 316 Å². The number of hydrogen-bond donors (Lipinski definition) is 0. The number of nitriles is 1. The lowest BCUT2D eigenvalue weighted by atomic mass is 9.43. The normalized spacial score (nSPS) is 22.9. The molecule has 1 heterocycles. The maximum atomic E-state index is 10.4. The molecule has 0 unspecified atom stereocenters. The summed E-state index contributed by atoms with van der Waals surface area (Å²) in [6.07, 6.45) is 6.67. The quantitative estimate of drug-likeness (QED) is 0.180. The van der Waals surface area contributed by atoms with Gasteiger partial charge in [0.1, 0.15) is 0 Å². The standard InChI is InChI=1S/C50H38N4/c51-30-39-27-44-42-21-20-38(28-45(42)50(40-23-31-22-32(25-40)26-41(50)24-31)46(44)29-43(39)34-10-4-1-5-11-34)33-16-18-37(19-17-33)49-53-47(35-12-6-2-7-13-35)52-48(54-49)36-14-8-3-9-15-36/h1-21,27-29,31-32,40-41H,22-26H2. The molecule has 4 fully saturated rings. The minimum absolute atomic E-state index is 0.0158. The zero-order valence-corrected chi connectivity index (χ0v) is 30.0. The highest BCUT2D eigenvalue weighted by Gasteiger charge is 2.61. The molecule has 7 aromatic rings. The summed E-state index contributed by atoms with van der Waals surface area (Å²) in [4.78, 5) is 14.8. The van der Waals surface area contributed by atoms with Crippen LogP contribution in [0.4, 0.5) is 0 Å². The number of fused-ring (bicyclic) bond motifs is 3. The average molecular weight is 695 g/mol. The van der Waals surface area contributed by atoms with Crippen LogP contribution in [0.1, 0.15) is 48.8 Å². The summed E-state index contributed by atoms with van der Waals surface area (Å²) in [5.41, 5.74) is 13.8. The van der Waals surface area contributed by atoms with E-state index in [4.69, 9.17) is 15.0 Å². The van der Waals surface area contributed by atoms with Gasteiger partial charge in [-0.1, -0.05) is 127 Å². The van der Waals surface area contributed by atoms with Crippen molar-refractivity contribution in [3.8, 4) is 73.6 Å². The summed E-state index contributed by atoms with van der Waals surface area (Å²) in [5, 5.41) is 10.4. The number of benzene rings is 6. The van der Waals surface area contributed by atoms with Crippen LogP contribution in [-0.4, -0.2) is 15.0 Å². The molecule has 54 heavy (non-hydrogen) atoms. The molecule has 0 amide bonds. The first-order valence-corrected chi connectivity index (χ1v) is 19.4. The van der Waals surface area contributed by atoms with E-state index in [1.807, 2.05) is 60.7 Å². The van der Waals surface area contributed by atoms with Gasteiger partial charge < -0.3 is 0 Å². The van der Waals surface area contributed by atoms with Gasteiger partial charge in [0.2, 0.25) is 0 Å². The van der Waals surface area contributed by atoms with E-state index in [1.165, 1.54) is 65.5 Å². The van der Waals surface area contributed by atoms with Crippen molar-refractivity contribution in [2.45, 2.75) is 37.5 Å². The van der Waals surface area contributed by atoms with E-state index in [0.717, 1.165) is 45.2 Å². The summed E-state index contributed by atoms with van der Waals surface area (Å²) in [6, 6.07) is 53.9. The first kappa shape index (κ1) is 31.4. The molecule has 0 radical (unpaired) electrons. The van der Waals surface area contributed by atoms with Crippen molar-refractivity contribution in [2.24, 2.45) is 23.7 Å². The van der Waals surface area contributed by atoms with E-state index in [0.29, 0.717) is 29.3 Å². The van der Waals surface area contributed by atoms with Gasteiger partial charge in [-0.15, -0.1) is 0 Å². The highest BCUT2D eigenvalue weighted by atomic mass is 15.0. The van der Waals surface area contributed by atoms with Gasteiger partial charge in [-0.3, -0.25) is 0 Å². The predicted molar refractivity (Wildman–Crippen MR) is 215 cm³/mol. The van der Waals surface area contributed by atoms with Crippen molar-refractivity contribution in [1.29, 1.82) is 5.26 Å². The van der Waals surface area contributed by atoms with Crippen LogP contribution in [0.3, 0.4) is 0 Å². The molecule has 1 spiro atoms. The zero-order valence-electron chi connectivity index (χ0n) is 30.0. The van der Waals surface area contributed by atoms with Crippen molar-refractivity contribution >= 4 is 0 Å². The molecule has 4 saturated carbocycles. The van der Waals surface area contributed by atoms with E-state index in [9.17, 15) is 5.26 Å². The lowest BCUT2D eigenvalue weighted by Gasteiger charge is -2.61. The molecule has 12 rings (SSSR count). The van der Waals surface area contributed by atoms with Gasteiger partial charge in [0.15, 0.2) is 17.5 Å². The number of hydrogen-bond acceptors (Lipinski definition) is 4. The summed E-state index contributed by atoms with van der Waals surface area (Å²) in [6.45, 7) is 0. The van der Waals surface area contributed by atoms with E-state index < -0.39 is 0 Å². The fourth-order valence-corrected chi connectivity index (χ4v) is 11.1. The molecule has 0 atom stereocenters. The molecule has 0 N–H and O–H groups in total. The second-order valence-corrected chi connectivity index (χ2v) is 16.0. The number of aromatic nitrogens is 3. The molecule has 1 aromatic heterocycles. The molecule has 4 heteroatoms. The van der Waals surface area contributed by atoms with Crippen LogP contribution >= 0.6 is 0 Å². The lowest BCUT2D eigenvalue weighted by Crippen LogP contribution is -2.55. The van der Waals surface area contributed by atoms with Crippen LogP contribution in [-0.2, 0) is 5.41 Å². The van der Waals surface area contributed by atoms with Crippen molar-refractivity contribution in [1.82, 2.24) is 15.0 Å². The van der Waals surface area contributed by atoms with Crippen molar-refractivity contribution < 1.29 is 0 Å². The molecular weight excluding hydrogens is 657 g/mol. The predicted octanol–water partition coefficient (Wildman–Crippen LogP) is 11.8. The summed E-state index contributed by atoms with van der Waals surface area (Å²) in [7, 11) is 0. The van der Waals surface area contributed by atoms with E-state index in [1.54, 1.807) is 0 Å². The first-order valence-electron chi connectivity index (χ1n) is 19.4. The summed E-state index contributed by atoms with van der Waals surface area (Å²) < 4.78 is 0. The third-order valence-electron chi connectivity index (χ3n) is 13.2. The fraction of sp³-hybridized carbons (Fsp3) is 0.200. The molecule has 4 bridgehead atoms. The molecule has 5 aliphatic rings. The van der Waals surface area contributed by atoms with Gasteiger partial charge in [0.05, 0.1) is 11.6 Å². The van der Waals surface area contributed by atoms with Gasteiger partial charge in [-0.05, 0) is 118 Å². The zero-order chi connectivity index (χ0) is 35.8. The SMILES string of the molecule is N#Cc1cc2c(cc1-c1ccccc1)C1(c3cc(-c4ccc(-c5nc(-c6ccccc6)nc(-c6ccccc6)n5)cc4)ccc3-2)C2CC3CC(C2)CC1C3. The Bertz CT molecular complexity index is 2520. The highest BCUT2D eigenvalue weighted by Crippen LogP contribution is 2.70. The van der Waals surface area contributed by atoms with Crippen molar-refractivity contribution in [2.75, 3.05) is 0 Å². The second-order valence-electron chi connectivity index (χ2n) is 16.0. The monoisotopic (exact) mass is 694 g/mol. The van der Waals surface area contributed by atoms with Crippen LogP contribution in [0.2, 0.25) is 0 Å². The van der Waals surface area contributed by atoms with E-state index >= 15 is 0 Å². The van der Waals surface area contributed by atoms with E-state index in [2.05, 4.69) is 91.0 Å². The molecule has 0 saturated heterocycles. The topological polar surface area (TPSA) is 62.5 Å². The van der Waals surface area contributed by atoms with Crippen LogP contribution in [0, 0.1) is 35.0 Å². The fourth-order valence-electron chi connectivity index (χ4n) is 11.1. The van der Waals surface area contributed by atoms with Crippen molar-refractivity contribution in [3.05, 3.63) is 162 Å². The van der Waals surface area contributed by atoms with Crippen LogP contribution in [0.25, 0.3) is 67.5 Å². The third-order valence-corrected chi connectivity index (χ3v) is 13.2. The Balaban J connectivity index is 1.02. The second kappa shape index (κ2) is 12.2. The largest absolute Gasteiger partial charge is 0.208 e. The van der Waals surface area contributed by atoms with Gasteiger partial charge in [0.25, 0.3) is 0 Å². The minimum atomic E-state index is -0.0158. The Morgan fingerprint density at radius 2 is 0.889 bits per heavy atom. The van der Waals surface area contributed by atoms with Crippen LogP contribution in [0.5, 0.6) is 0 Å². The lowest BCUT2D eigenvalue weighted by molar-refractivity contribution is -0.0399. The van der Waals surface area contributed by atoms with Crippen molar-refractivity contribution in [3.63, 3.8) is 0 Å². The summed E-state index contributed by atoms with van der Waals surface area (Å²) in [5.74, 6) is 4.96. The third kappa shape index (κ3) is 4.78. The minimum Gasteiger partial charge on any atom is -0.208 e. The Morgan fingerprint density at radius 1 is 0.426 bits per heavy atom. The molecular formula is C50H38N4. The first-order chi connectivity index (χ1) is 26.7. The smallest absolute Gasteiger partial charge is 0.164 e. The van der Waals surface area contributed by atoms with Crippen LogP contribution < -0.4 is 0 Å². The number of rotatable bonds is 5. The molecule has 0 aliphatic heterocycles. The van der Waals surface area contributed by atoms with E-state index in [-0.39, 0.29) is 5.41 Å². The molecule has 6 aromatic carbocycles. The molecule has 5 aliphatic carbocycles. The Morgan fingerprint density at radius 3 is 1.43 bits per heavy atom. The number of nitrogens with zero attached hydrogens (tertiary/aromatic N) is 4. The Kier molecular flexibility index (Phi) is 7.07.